The van der Waals surface area contributed by atoms with Crippen LogP contribution in [0.25, 0.3) is 0 Å². The molecule has 1 aromatic carbocycles. The van der Waals surface area contributed by atoms with Crippen LogP contribution in [-0.2, 0) is 19.6 Å². The lowest BCUT2D eigenvalue weighted by Gasteiger charge is -2.07. The number of sulfonamides is 1. The summed E-state index contributed by atoms with van der Waals surface area (Å²) in [5, 5.41) is 3.40. The zero-order valence-electron chi connectivity index (χ0n) is 12.7. The van der Waals surface area contributed by atoms with Crippen molar-refractivity contribution in [3.63, 3.8) is 0 Å². The molecule has 0 spiro atoms. The molecule has 9 heteroatoms. The van der Waals surface area contributed by atoms with E-state index >= 15 is 0 Å². The number of carbonyl (C=O) groups excluding carboxylic acids is 2. The zero-order chi connectivity index (χ0) is 17.6. The number of nitrogens with zero attached hydrogens (tertiary/aromatic N) is 1. The molecule has 2 aromatic rings. The van der Waals surface area contributed by atoms with Crippen molar-refractivity contribution in [1.29, 1.82) is 0 Å². The van der Waals surface area contributed by atoms with Crippen molar-refractivity contribution in [3.05, 3.63) is 48.7 Å². The molecule has 0 bridgehead atoms. The van der Waals surface area contributed by atoms with Gasteiger partial charge in [-0.15, -0.1) is 0 Å². The second-order valence-corrected chi connectivity index (χ2v) is 7.37. The molecule has 2 rings (SSSR count). The third kappa shape index (κ3) is 5.36. The summed E-state index contributed by atoms with van der Waals surface area (Å²) in [6.45, 7) is 1.12. The number of hydrogen-bond donors (Lipinski definition) is 2. The Morgan fingerprint density at radius 3 is 2.42 bits per heavy atom. The second-order valence-electron chi connectivity index (χ2n) is 4.69. The van der Waals surface area contributed by atoms with Crippen molar-refractivity contribution in [2.75, 3.05) is 11.1 Å². The Bertz CT molecular complexity index is 822. The number of benzene rings is 1. The highest BCUT2D eigenvalue weighted by atomic mass is 32.2. The highest BCUT2D eigenvalue weighted by molar-refractivity contribution is 7.99. The molecule has 0 unspecified atom stereocenters. The average Bonchev–Trinajstić information content (AvgIpc) is 2.53. The molecule has 0 aliphatic rings. The van der Waals surface area contributed by atoms with Gasteiger partial charge < -0.3 is 5.32 Å². The van der Waals surface area contributed by atoms with Gasteiger partial charge in [-0.2, -0.15) is 0 Å². The molecule has 0 radical (unpaired) electrons. The van der Waals surface area contributed by atoms with Gasteiger partial charge in [0.2, 0.25) is 11.8 Å². The van der Waals surface area contributed by atoms with Gasteiger partial charge in [-0.05, 0) is 36.4 Å². The predicted octanol–water partition coefficient (Wildman–Crippen LogP) is 1.64. The Labute approximate surface area is 143 Å². The largest absolute Gasteiger partial charge is 0.325 e. The molecule has 7 nitrogen and oxygen atoms in total. The SMILES string of the molecule is CC(=O)NS(=O)(=O)c1ccc(NC(=O)CSc2ccccn2)cc1. The topological polar surface area (TPSA) is 105 Å². The van der Waals surface area contributed by atoms with Crippen LogP contribution in [-0.4, -0.2) is 31.0 Å². The first-order chi connectivity index (χ1) is 11.4. The van der Waals surface area contributed by atoms with Crippen LogP contribution < -0.4 is 10.0 Å². The first kappa shape index (κ1) is 18.0. The fourth-order valence-corrected chi connectivity index (χ4v) is 3.39. The van der Waals surface area contributed by atoms with E-state index in [4.69, 9.17) is 0 Å². The van der Waals surface area contributed by atoms with Crippen molar-refractivity contribution in [3.8, 4) is 0 Å². The summed E-state index contributed by atoms with van der Waals surface area (Å²) in [5.41, 5.74) is 0.461. The van der Waals surface area contributed by atoms with Crippen molar-refractivity contribution in [2.24, 2.45) is 0 Å². The zero-order valence-corrected chi connectivity index (χ0v) is 14.4. The average molecular weight is 365 g/mol. The standard InChI is InChI=1S/C15H15N3O4S2/c1-11(19)18-24(21,22)13-7-5-12(6-8-13)17-14(20)10-23-15-4-2-3-9-16-15/h2-9H,10H2,1H3,(H,17,20)(H,18,19). The molecular weight excluding hydrogens is 350 g/mol. The Morgan fingerprint density at radius 2 is 1.83 bits per heavy atom. The number of hydrogen-bond acceptors (Lipinski definition) is 6. The number of amides is 2. The molecule has 24 heavy (non-hydrogen) atoms. The molecule has 0 atom stereocenters. The fraction of sp³-hybridized carbons (Fsp3) is 0.133. The van der Waals surface area contributed by atoms with E-state index in [2.05, 4.69) is 10.3 Å². The summed E-state index contributed by atoms with van der Waals surface area (Å²) < 4.78 is 25.5. The first-order valence-electron chi connectivity index (χ1n) is 6.84. The molecule has 1 aromatic heterocycles. The lowest BCUT2D eigenvalue weighted by molar-refractivity contribution is -0.117. The Hall–Kier alpha value is -2.39. The molecule has 2 N–H and O–H groups in total. The highest BCUT2D eigenvalue weighted by Crippen LogP contribution is 2.16. The number of pyridine rings is 1. The summed E-state index contributed by atoms with van der Waals surface area (Å²) in [5.74, 6) is -0.717. The molecular formula is C15H15N3O4S2. The maximum atomic E-state index is 11.9. The van der Waals surface area contributed by atoms with Gasteiger partial charge in [-0.25, -0.2) is 18.1 Å². The van der Waals surface area contributed by atoms with Crippen LogP contribution in [0, 0.1) is 0 Å². The van der Waals surface area contributed by atoms with Gasteiger partial charge in [-0.3, -0.25) is 9.59 Å². The normalized spacial score (nSPS) is 10.9. The number of anilines is 1. The molecule has 0 saturated carbocycles. The molecule has 0 aliphatic carbocycles. The van der Waals surface area contributed by atoms with Crippen LogP contribution in [0.5, 0.6) is 0 Å². The van der Waals surface area contributed by atoms with Gasteiger partial charge in [0.25, 0.3) is 10.0 Å². The van der Waals surface area contributed by atoms with Crippen molar-refractivity contribution >= 4 is 39.3 Å². The van der Waals surface area contributed by atoms with E-state index in [-0.39, 0.29) is 16.6 Å². The van der Waals surface area contributed by atoms with Crippen LogP contribution in [0.4, 0.5) is 5.69 Å². The molecule has 1 heterocycles. The summed E-state index contributed by atoms with van der Waals surface area (Å²) >= 11 is 1.30. The van der Waals surface area contributed by atoms with Crippen molar-refractivity contribution in [1.82, 2.24) is 9.71 Å². The third-order valence-corrected chi connectivity index (χ3v) is 5.11. The minimum atomic E-state index is -3.88. The van der Waals surface area contributed by atoms with Crippen LogP contribution in [0.1, 0.15) is 6.92 Å². The van der Waals surface area contributed by atoms with Gasteiger partial charge >= 0.3 is 0 Å². The molecule has 0 aliphatic heterocycles. The molecule has 2 amide bonds. The number of thioether (sulfide) groups is 1. The summed E-state index contributed by atoms with van der Waals surface area (Å²) in [6, 6.07) is 11.0. The Balaban J connectivity index is 1.94. The van der Waals surface area contributed by atoms with Crippen LogP contribution in [0.2, 0.25) is 0 Å². The number of aromatic nitrogens is 1. The number of carbonyl (C=O) groups is 2. The van der Waals surface area contributed by atoms with E-state index in [1.54, 1.807) is 18.3 Å². The van der Waals surface area contributed by atoms with Crippen LogP contribution >= 0.6 is 11.8 Å². The minimum Gasteiger partial charge on any atom is -0.325 e. The minimum absolute atomic E-state index is 0.0569. The van der Waals surface area contributed by atoms with E-state index < -0.39 is 15.9 Å². The summed E-state index contributed by atoms with van der Waals surface area (Å²) in [7, 11) is -3.88. The number of rotatable bonds is 6. The smallest absolute Gasteiger partial charge is 0.264 e. The first-order valence-corrected chi connectivity index (χ1v) is 9.31. The maximum Gasteiger partial charge on any atom is 0.264 e. The fourth-order valence-electron chi connectivity index (χ4n) is 1.73. The van der Waals surface area contributed by atoms with Gasteiger partial charge in [0.15, 0.2) is 0 Å². The molecule has 0 fully saturated rings. The van der Waals surface area contributed by atoms with Gasteiger partial charge in [-0.1, -0.05) is 17.8 Å². The predicted molar refractivity (Wildman–Crippen MR) is 91.0 cm³/mol. The Kier molecular flexibility index (Phi) is 5.93. The maximum absolute atomic E-state index is 11.9. The van der Waals surface area contributed by atoms with Gasteiger partial charge in [0.05, 0.1) is 15.7 Å². The van der Waals surface area contributed by atoms with Crippen molar-refractivity contribution < 1.29 is 18.0 Å². The van der Waals surface area contributed by atoms with Gasteiger partial charge in [0.1, 0.15) is 0 Å². The van der Waals surface area contributed by atoms with Crippen LogP contribution in [0.15, 0.2) is 58.6 Å². The van der Waals surface area contributed by atoms with E-state index in [1.807, 2.05) is 10.8 Å². The van der Waals surface area contributed by atoms with E-state index in [0.29, 0.717) is 5.69 Å². The quantitative estimate of drug-likeness (QED) is 0.754. The Morgan fingerprint density at radius 1 is 1.12 bits per heavy atom. The third-order valence-electron chi connectivity index (χ3n) is 2.72. The van der Waals surface area contributed by atoms with Crippen LogP contribution in [0.3, 0.4) is 0 Å². The van der Waals surface area contributed by atoms with E-state index in [0.717, 1.165) is 11.9 Å². The van der Waals surface area contributed by atoms with E-state index in [9.17, 15) is 18.0 Å². The second kappa shape index (κ2) is 7.93. The van der Waals surface area contributed by atoms with E-state index in [1.165, 1.54) is 36.0 Å². The van der Waals surface area contributed by atoms with Crippen molar-refractivity contribution in [2.45, 2.75) is 16.8 Å². The van der Waals surface area contributed by atoms with Gasteiger partial charge in [0, 0.05) is 18.8 Å². The highest BCUT2D eigenvalue weighted by Gasteiger charge is 2.15. The monoisotopic (exact) mass is 365 g/mol. The number of nitrogens with one attached hydrogen (secondary N) is 2. The lowest BCUT2D eigenvalue weighted by Crippen LogP contribution is -2.28. The molecule has 0 saturated heterocycles. The summed E-state index contributed by atoms with van der Waals surface area (Å²) in [6.07, 6.45) is 1.65. The molecule has 126 valence electrons. The summed E-state index contributed by atoms with van der Waals surface area (Å²) in [4.78, 5) is 26.8. The lowest BCUT2D eigenvalue weighted by atomic mass is 10.3.